The van der Waals surface area contributed by atoms with Gasteiger partial charge in [-0.2, -0.15) is 9.97 Å². The average Bonchev–Trinajstić information content (AvgIpc) is 3.14. The number of fused-ring (bicyclic) bond motifs is 3. The van der Waals surface area contributed by atoms with Gasteiger partial charge in [-0.1, -0.05) is 0 Å². The number of pyridine rings is 1. The molecule has 7 nitrogen and oxygen atoms in total. The quantitative estimate of drug-likeness (QED) is 0.579. The molecule has 2 aromatic rings. The molecule has 0 bridgehead atoms. The van der Waals surface area contributed by atoms with E-state index in [-0.39, 0.29) is 52.8 Å². The van der Waals surface area contributed by atoms with Crippen molar-refractivity contribution in [1.82, 2.24) is 19.9 Å². The van der Waals surface area contributed by atoms with Gasteiger partial charge in [0.05, 0.1) is 32.9 Å². The van der Waals surface area contributed by atoms with Gasteiger partial charge in [0.2, 0.25) is 0 Å². The molecular formula is C21H23BrF3N5O2. The third-order valence-corrected chi connectivity index (χ3v) is 7.54. The molecule has 1 aliphatic carbocycles. The van der Waals surface area contributed by atoms with Crippen LogP contribution < -0.4 is 9.64 Å². The Labute approximate surface area is 194 Å². The molecule has 3 aliphatic heterocycles. The molecule has 3 saturated heterocycles. The summed E-state index contributed by atoms with van der Waals surface area (Å²) < 4.78 is 72.5. The summed E-state index contributed by atoms with van der Waals surface area (Å²) in [6, 6.07) is -0.867. The van der Waals surface area contributed by atoms with E-state index in [2.05, 4.69) is 30.9 Å². The number of rotatable bonds is 4. The van der Waals surface area contributed by atoms with Crippen LogP contribution >= 0.6 is 15.9 Å². The van der Waals surface area contributed by atoms with Crippen molar-refractivity contribution in [2.24, 2.45) is 5.92 Å². The minimum atomic E-state index is -2.33. The maximum absolute atomic E-state index is 15.1. The van der Waals surface area contributed by atoms with Gasteiger partial charge in [-0.3, -0.25) is 4.90 Å². The van der Waals surface area contributed by atoms with Crippen LogP contribution in [-0.4, -0.2) is 83.2 Å². The number of aromatic nitrogens is 3. The Hall–Kier alpha value is -1.72. The summed E-state index contributed by atoms with van der Waals surface area (Å²) in [5.74, 6) is -0.861. The van der Waals surface area contributed by atoms with Crippen molar-refractivity contribution in [1.29, 1.82) is 0 Å². The van der Waals surface area contributed by atoms with Crippen LogP contribution in [0.1, 0.15) is 22.0 Å². The number of hydrogen-bond donors (Lipinski definition) is 0. The van der Waals surface area contributed by atoms with Crippen molar-refractivity contribution in [3.63, 3.8) is 0 Å². The zero-order valence-corrected chi connectivity index (χ0v) is 18.7. The van der Waals surface area contributed by atoms with Crippen LogP contribution in [0.4, 0.5) is 19.0 Å². The molecule has 0 unspecified atom stereocenters. The molecular weight excluding hydrogens is 491 g/mol. The summed E-state index contributed by atoms with van der Waals surface area (Å²) in [4.78, 5) is 16.1. The summed E-state index contributed by atoms with van der Waals surface area (Å²) in [6.07, 6.45) is 0.288. The Bertz CT molecular complexity index is 1150. The molecule has 5 atom stereocenters. The van der Waals surface area contributed by atoms with E-state index in [1.807, 2.05) is 0 Å². The molecule has 1 saturated carbocycles. The third-order valence-electron chi connectivity index (χ3n) is 6.99. The highest BCUT2D eigenvalue weighted by atomic mass is 79.9. The lowest BCUT2D eigenvalue weighted by Gasteiger charge is -2.31. The summed E-state index contributed by atoms with van der Waals surface area (Å²) in [5, 5.41) is 0.263. The van der Waals surface area contributed by atoms with Crippen molar-refractivity contribution in [3.8, 4) is 6.01 Å². The fraction of sp³-hybridized carbons (Fsp3) is 0.667. The Morgan fingerprint density at radius 1 is 1.34 bits per heavy atom. The highest BCUT2D eigenvalue weighted by Crippen LogP contribution is 2.45. The predicted octanol–water partition coefficient (Wildman–Crippen LogP) is 3.05. The van der Waals surface area contributed by atoms with E-state index in [0.717, 1.165) is 6.42 Å². The molecule has 172 valence electrons. The lowest BCUT2D eigenvalue weighted by atomic mass is 9.95. The minimum Gasteiger partial charge on any atom is -0.461 e. The van der Waals surface area contributed by atoms with E-state index in [1.54, 1.807) is 9.80 Å². The van der Waals surface area contributed by atoms with E-state index >= 15 is 4.39 Å². The van der Waals surface area contributed by atoms with Crippen molar-refractivity contribution in [3.05, 3.63) is 16.6 Å². The SMILES string of the molecule is [2H]C([2H])(Oc1nc(N2CCOC[C@H]3[C@H](F)[C@H]32)c2cnc(Br)c(F)c2n1)[C@@]12CCCN1C[C@H](F)C2. The smallest absolute Gasteiger partial charge is 0.319 e. The standard InChI is InChI=1S/C21H23BrF3N5O2/c22-18-15(25)16-12(7-26-18)19(30-4-5-31-9-13-14(24)17(13)30)28-20(27-16)32-10-21-2-1-3-29(21)8-11(23)6-21/h7,11,13-14,17H,1-6,8-10H2/t11-,13+,14+,17+,21+/m1/s1/i10D2. The second-order valence-corrected chi connectivity index (χ2v) is 9.66. The number of alkyl halides is 2. The minimum absolute atomic E-state index is 0.00101. The molecule has 11 heteroatoms. The van der Waals surface area contributed by atoms with Crippen LogP contribution in [0.5, 0.6) is 6.01 Å². The summed E-state index contributed by atoms with van der Waals surface area (Å²) >= 11 is 3.06. The highest BCUT2D eigenvalue weighted by Gasteiger charge is 2.56. The first-order valence-electron chi connectivity index (χ1n) is 11.8. The Balaban J connectivity index is 1.44. The molecule has 0 amide bonds. The van der Waals surface area contributed by atoms with Crippen LogP contribution in [0.2, 0.25) is 0 Å². The highest BCUT2D eigenvalue weighted by molar-refractivity contribution is 9.10. The van der Waals surface area contributed by atoms with Gasteiger partial charge >= 0.3 is 6.01 Å². The summed E-state index contributed by atoms with van der Waals surface area (Å²) in [6.45, 7) is -0.659. The second kappa shape index (κ2) is 7.66. The van der Waals surface area contributed by atoms with Gasteiger partial charge in [-0.25, -0.2) is 18.2 Å². The van der Waals surface area contributed by atoms with Crippen molar-refractivity contribution < 1.29 is 25.4 Å². The van der Waals surface area contributed by atoms with Gasteiger partial charge in [0.15, 0.2) is 5.82 Å². The third kappa shape index (κ3) is 3.27. The van der Waals surface area contributed by atoms with E-state index in [1.165, 1.54) is 6.20 Å². The van der Waals surface area contributed by atoms with E-state index in [4.69, 9.17) is 12.2 Å². The molecule has 0 aromatic carbocycles. The summed E-state index contributed by atoms with van der Waals surface area (Å²) in [7, 11) is 0. The molecule has 0 radical (unpaired) electrons. The maximum Gasteiger partial charge on any atom is 0.319 e. The Kier molecular flexibility index (Phi) is 4.47. The van der Waals surface area contributed by atoms with Gasteiger partial charge < -0.3 is 14.4 Å². The summed E-state index contributed by atoms with van der Waals surface area (Å²) in [5.41, 5.74) is -1.27. The maximum atomic E-state index is 15.1. The van der Waals surface area contributed by atoms with Gasteiger partial charge in [0.25, 0.3) is 0 Å². The first-order chi connectivity index (χ1) is 16.2. The fourth-order valence-electron chi connectivity index (χ4n) is 5.35. The van der Waals surface area contributed by atoms with Gasteiger partial charge in [0, 0.05) is 31.6 Å². The first-order valence-corrected chi connectivity index (χ1v) is 11.6. The van der Waals surface area contributed by atoms with Crippen molar-refractivity contribution in [2.75, 3.05) is 44.3 Å². The number of anilines is 1. The van der Waals surface area contributed by atoms with Crippen molar-refractivity contribution in [2.45, 2.75) is 43.2 Å². The van der Waals surface area contributed by atoms with Gasteiger partial charge in [0.1, 0.15) is 34.8 Å². The zero-order valence-electron chi connectivity index (χ0n) is 19.1. The molecule has 4 aliphatic rings. The molecule has 2 aromatic heterocycles. The molecule has 5 heterocycles. The average molecular weight is 516 g/mol. The van der Waals surface area contributed by atoms with E-state index in [9.17, 15) is 8.78 Å². The normalized spacial score (nSPS) is 35.8. The number of halogens is 4. The number of nitrogens with zero attached hydrogens (tertiary/aromatic N) is 5. The van der Waals surface area contributed by atoms with Gasteiger partial charge in [-0.15, -0.1) is 0 Å². The lowest BCUT2D eigenvalue weighted by molar-refractivity contribution is 0.107. The first kappa shape index (κ1) is 18.7. The van der Waals surface area contributed by atoms with Crippen LogP contribution in [-0.2, 0) is 4.74 Å². The van der Waals surface area contributed by atoms with Crippen LogP contribution in [0.3, 0.4) is 0 Å². The van der Waals surface area contributed by atoms with Crippen LogP contribution in [0.25, 0.3) is 10.9 Å². The molecule has 6 rings (SSSR count). The monoisotopic (exact) mass is 515 g/mol. The molecule has 4 fully saturated rings. The number of ether oxygens (including phenoxy) is 2. The topological polar surface area (TPSA) is 63.6 Å². The van der Waals surface area contributed by atoms with Crippen LogP contribution in [0.15, 0.2) is 10.8 Å². The fourth-order valence-corrected chi connectivity index (χ4v) is 5.64. The van der Waals surface area contributed by atoms with E-state index < -0.39 is 36.3 Å². The van der Waals surface area contributed by atoms with Crippen molar-refractivity contribution >= 4 is 32.7 Å². The Morgan fingerprint density at radius 3 is 3.09 bits per heavy atom. The molecule has 0 spiro atoms. The van der Waals surface area contributed by atoms with Crippen LogP contribution in [0, 0.1) is 11.7 Å². The lowest BCUT2D eigenvalue weighted by Crippen LogP contribution is -2.43. The predicted molar refractivity (Wildman–Crippen MR) is 114 cm³/mol. The second-order valence-electron chi connectivity index (χ2n) is 8.91. The molecule has 32 heavy (non-hydrogen) atoms. The molecule has 0 N–H and O–H groups in total. The largest absolute Gasteiger partial charge is 0.461 e. The van der Waals surface area contributed by atoms with Gasteiger partial charge in [-0.05, 0) is 35.3 Å². The number of hydrogen-bond acceptors (Lipinski definition) is 7. The van der Waals surface area contributed by atoms with E-state index in [0.29, 0.717) is 26.1 Å². The zero-order chi connectivity index (χ0) is 23.8. The Morgan fingerprint density at radius 2 is 2.22 bits per heavy atom.